The summed E-state index contributed by atoms with van der Waals surface area (Å²) in [4.78, 5) is 22.7. The van der Waals surface area contributed by atoms with Gasteiger partial charge in [0.05, 0.1) is 23.1 Å². The Hall–Kier alpha value is -2.41. The van der Waals surface area contributed by atoms with Gasteiger partial charge < -0.3 is 15.5 Å². The van der Waals surface area contributed by atoms with Gasteiger partial charge in [0, 0.05) is 18.8 Å². The van der Waals surface area contributed by atoms with Crippen molar-refractivity contribution >= 4 is 35.0 Å². The zero-order valence-corrected chi connectivity index (χ0v) is 13.7. The Balaban J connectivity index is 1.58. The van der Waals surface area contributed by atoms with E-state index in [2.05, 4.69) is 25.5 Å². The van der Waals surface area contributed by atoms with Gasteiger partial charge in [0.1, 0.15) is 5.82 Å². The number of piperidine rings is 1. The summed E-state index contributed by atoms with van der Waals surface area (Å²) < 4.78 is 13.1. The zero-order valence-electron chi connectivity index (χ0n) is 12.9. The molecule has 2 aromatic rings. The third kappa shape index (κ3) is 4.11. The SMILES string of the molecule is O=C(Nc1cnc(N2CCCCC2)nc1)Nc1ccc(F)c(Cl)c1. The second-order valence-corrected chi connectivity index (χ2v) is 5.93. The summed E-state index contributed by atoms with van der Waals surface area (Å²) in [5.41, 5.74) is 0.867. The Kier molecular flexibility index (Phi) is 5.10. The van der Waals surface area contributed by atoms with Crippen LogP contribution in [-0.2, 0) is 0 Å². The van der Waals surface area contributed by atoms with Crippen LogP contribution in [0.3, 0.4) is 0 Å². The van der Waals surface area contributed by atoms with Gasteiger partial charge in [-0.15, -0.1) is 0 Å². The molecule has 3 rings (SSSR count). The lowest BCUT2D eigenvalue weighted by molar-refractivity contribution is 0.262. The largest absolute Gasteiger partial charge is 0.341 e. The number of rotatable bonds is 3. The van der Waals surface area contributed by atoms with Crippen LogP contribution >= 0.6 is 11.6 Å². The molecule has 2 N–H and O–H groups in total. The Morgan fingerprint density at radius 1 is 1.08 bits per heavy atom. The molecule has 6 nitrogen and oxygen atoms in total. The van der Waals surface area contributed by atoms with Crippen LogP contribution in [0.1, 0.15) is 19.3 Å². The highest BCUT2D eigenvalue weighted by molar-refractivity contribution is 6.31. The van der Waals surface area contributed by atoms with Crippen LogP contribution in [0.2, 0.25) is 5.02 Å². The maximum atomic E-state index is 13.1. The van der Waals surface area contributed by atoms with E-state index in [-0.39, 0.29) is 5.02 Å². The summed E-state index contributed by atoms with van der Waals surface area (Å²) in [5, 5.41) is 5.14. The molecule has 0 saturated carbocycles. The second-order valence-electron chi connectivity index (χ2n) is 5.53. The van der Waals surface area contributed by atoms with Crippen molar-refractivity contribution < 1.29 is 9.18 Å². The topological polar surface area (TPSA) is 70.2 Å². The van der Waals surface area contributed by atoms with Crippen molar-refractivity contribution in [2.75, 3.05) is 28.6 Å². The van der Waals surface area contributed by atoms with Gasteiger partial charge in [-0.1, -0.05) is 11.6 Å². The summed E-state index contributed by atoms with van der Waals surface area (Å²) in [5.74, 6) is 0.135. The van der Waals surface area contributed by atoms with Crippen LogP contribution in [0.5, 0.6) is 0 Å². The highest BCUT2D eigenvalue weighted by Crippen LogP contribution is 2.20. The summed E-state index contributed by atoms with van der Waals surface area (Å²) in [6.07, 6.45) is 6.66. The minimum atomic E-state index is -0.538. The minimum Gasteiger partial charge on any atom is -0.341 e. The fourth-order valence-electron chi connectivity index (χ4n) is 2.51. The molecule has 1 saturated heterocycles. The van der Waals surface area contributed by atoms with Gasteiger partial charge in [-0.3, -0.25) is 0 Å². The molecule has 0 spiro atoms. The average Bonchev–Trinajstić information content (AvgIpc) is 2.59. The molecule has 1 aromatic carbocycles. The summed E-state index contributed by atoms with van der Waals surface area (Å²) >= 11 is 5.68. The predicted octanol–water partition coefficient (Wildman–Crippen LogP) is 3.90. The number of nitrogens with zero attached hydrogens (tertiary/aromatic N) is 3. The normalized spacial score (nSPS) is 14.3. The van der Waals surface area contributed by atoms with E-state index in [1.54, 1.807) is 12.4 Å². The van der Waals surface area contributed by atoms with E-state index < -0.39 is 11.8 Å². The van der Waals surface area contributed by atoms with E-state index in [4.69, 9.17) is 11.6 Å². The van der Waals surface area contributed by atoms with E-state index in [1.807, 2.05) is 0 Å². The van der Waals surface area contributed by atoms with E-state index in [0.29, 0.717) is 17.3 Å². The van der Waals surface area contributed by atoms with E-state index in [0.717, 1.165) is 25.9 Å². The minimum absolute atomic E-state index is 0.0537. The molecule has 2 amide bonds. The maximum Gasteiger partial charge on any atom is 0.323 e. The number of amides is 2. The molecule has 0 aliphatic carbocycles. The number of urea groups is 1. The van der Waals surface area contributed by atoms with Crippen molar-refractivity contribution in [3.63, 3.8) is 0 Å². The first-order valence-electron chi connectivity index (χ1n) is 7.72. The predicted molar refractivity (Wildman–Crippen MR) is 92.1 cm³/mol. The monoisotopic (exact) mass is 349 g/mol. The smallest absolute Gasteiger partial charge is 0.323 e. The summed E-state index contributed by atoms with van der Waals surface area (Å²) in [6.45, 7) is 1.91. The number of carbonyl (C=O) groups is 1. The van der Waals surface area contributed by atoms with E-state index in [9.17, 15) is 9.18 Å². The van der Waals surface area contributed by atoms with Gasteiger partial charge in [-0.2, -0.15) is 0 Å². The number of carbonyl (C=O) groups excluding carboxylic acids is 1. The Morgan fingerprint density at radius 3 is 2.42 bits per heavy atom. The van der Waals surface area contributed by atoms with Gasteiger partial charge in [-0.25, -0.2) is 19.2 Å². The molecule has 1 aromatic heterocycles. The number of hydrogen-bond acceptors (Lipinski definition) is 4. The lowest BCUT2D eigenvalue weighted by Gasteiger charge is -2.26. The molecule has 2 heterocycles. The van der Waals surface area contributed by atoms with Crippen molar-refractivity contribution in [3.05, 3.63) is 41.4 Å². The molecular weight excluding hydrogens is 333 g/mol. The van der Waals surface area contributed by atoms with Crippen molar-refractivity contribution in [2.24, 2.45) is 0 Å². The van der Waals surface area contributed by atoms with Crippen molar-refractivity contribution in [2.45, 2.75) is 19.3 Å². The zero-order chi connectivity index (χ0) is 16.9. The van der Waals surface area contributed by atoms with Gasteiger partial charge >= 0.3 is 6.03 Å². The second kappa shape index (κ2) is 7.44. The highest BCUT2D eigenvalue weighted by atomic mass is 35.5. The molecule has 0 bridgehead atoms. The molecule has 1 fully saturated rings. The third-order valence-electron chi connectivity index (χ3n) is 3.71. The molecule has 8 heteroatoms. The van der Waals surface area contributed by atoms with E-state index >= 15 is 0 Å². The van der Waals surface area contributed by atoms with E-state index in [1.165, 1.54) is 24.6 Å². The highest BCUT2D eigenvalue weighted by Gasteiger charge is 2.13. The Bertz CT molecular complexity index is 719. The number of hydrogen-bond donors (Lipinski definition) is 2. The standard InChI is InChI=1S/C16H17ClFN5O/c17-13-8-11(4-5-14(13)18)21-16(24)22-12-9-19-15(20-10-12)23-6-2-1-3-7-23/h4-5,8-10H,1-3,6-7H2,(H2,21,22,24). The van der Waals surface area contributed by atoms with Crippen LogP contribution in [0, 0.1) is 5.82 Å². The summed E-state index contributed by atoms with van der Waals surface area (Å²) in [6, 6.07) is 3.48. The Morgan fingerprint density at radius 2 is 1.75 bits per heavy atom. The van der Waals surface area contributed by atoms with Gasteiger partial charge in [0.25, 0.3) is 0 Å². The van der Waals surface area contributed by atoms with Gasteiger partial charge in [0.2, 0.25) is 5.95 Å². The van der Waals surface area contributed by atoms with Crippen molar-refractivity contribution in [3.8, 4) is 0 Å². The molecular formula is C16H17ClFN5O. The van der Waals surface area contributed by atoms with Gasteiger partial charge in [0.15, 0.2) is 0 Å². The first kappa shape index (κ1) is 16.4. The molecule has 0 atom stereocenters. The number of aromatic nitrogens is 2. The lowest BCUT2D eigenvalue weighted by Crippen LogP contribution is -2.31. The van der Waals surface area contributed by atoms with Crippen LogP contribution in [-0.4, -0.2) is 29.1 Å². The van der Waals surface area contributed by atoms with Crippen molar-refractivity contribution in [1.82, 2.24) is 9.97 Å². The number of anilines is 3. The molecule has 1 aliphatic rings. The molecule has 1 aliphatic heterocycles. The fourth-order valence-corrected chi connectivity index (χ4v) is 2.69. The fraction of sp³-hybridized carbons (Fsp3) is 0.312. The third-order valence-corrected chi connectivity index (χ3v) is 4.00. The van der Waals surface area contributed by atoms with Crippen LogP contribution in [0.15, 0.2) is 30.6 Å². The molecule has 0 radical (unpaired) electrons. The van der Waals surface area contributed by atoms with Crippen LogP contribution in [0.25, 0.3) is 0 Å². The molecule has 126 valence electrons. The number of halogens is 2. The van der Waals surface area contributed by atoms with Gasteiger partial charge in [-0.05, 0) is 37.5 Å². The van der Waals surface area contributed by atoms with Crippen molar-refractivity contribution in [1.29, 1.82) is 0 Å². The Labute approximate surface area is 144 Å². The average molecular weight is 350 g/mol. The van der Waals surface area contributed by atoms with Crippen LogP contribution < -0.4 is 15.5 Å². The molecule has 0 unspecified atom stereocenters. The quantitative estimate of drug-likeness (QED) is 0.881. The summed E-state index contributed by atoms with van der Waals surface area (Å²) in [7, 11) is 0. The maximum absolute atomic E-state index is 13.1. The van der Waals surface area contributed by atoms with Crippen LogP contribution in [0.4, 0.5) is 26.5 Å². The molecule has 24 heavy (non-hydrogen) atoms. The first-order valence-corrected chi connectivity index (χ1v) is 8.10. The number of nitrogens with one attached hydrogen (secondary N) is 2. The lowest BCUT2D eigenvalue weighted by atomic mass is 10.1. The first-order chi connectivity index (χ1) is 11.6. The number of benzene rings is 1.